The van der Waals surface area contributed by atoms with Gasteiger partial charge in [0.05, 0.1) is 6.04 Å². The highest BCUT2D eigenvalue weighted by atomic mass is 35.6. The molecule has 0 aliphatic carbocycles. The van der Waals surface area contributed by atoms with Crippen LogP contribution in [0.2, 0.25) is 0 Å². The first-order valence-electron chi connectivity index (χ1n) is 5.83. The minimum Gasteiger partial charge on any atom is -0.381 e. The lowest BCUT2D eigenvalue weighted by molar-refractivity contribution is -0.0217. The summed E-state index contributed by atoms with van der Waals surface area (Å²) < 4.78 is 12.6. The fraction of sp³-hybridized carbons (Fsp3) is 0.385. The Kier molecular flexibility index (Phi) is 4.84. The van der Waals surface area contributed by atoms with E-state index < -0.39 is 22.1 Å². The van der Waals surface area contributed by atoms with Gasteiger partial charge in [-0.1, -0.05) is 46.9 Å². The molecule has 0 aliphatic rings. The van der Waals surface area contributed by atoms with Gasteiger partial charge in [0.25, 0.3) is 0 Å². The molecule has 2 unspecified atom stereocenters. The van der Waals surface area contributed by atoms with Crippen LogP contribution >= 0.6 is 46.1 Å². The predicted molar refractivity (Wildman–Crippen MR) is 84.8 cm³/mol. The quantitative estimate of drug-likeness (QED) is 0.811. The number of hydrogen-bond donors (Lipinski definition) is 2. The average Bonchev–Trinajstić information content (AvgIpc) is 2.84. The number of aliphatic hydroxyl groups is 1. The highest BCUT2D eigenvalue weighted by molar-refractivity contribution is 7.17. The molecule has 2 rings (SSSR count). The molecule has 1 aromatic carbocycles. The molecule has 0 aliphatic heterocycles. The maximum Gasteiger partial charge on any atom is 0.208 e. The smallest absolute Gasteiger partial charge is 0.208 e. The zero-order chi connectivity index (χ0) is 15.0. The maximum atomic E-state index is 13.6. The molecule has 7 heteroatoms. The van der Waals surface area contributed by atoms with Crippen molar-refractivity contribution in [3.63, 3.8) is 0 Å². The van der Waals surface area contributed by atoms with E-state index in [-0.39, 0.29) is 0 Å². The molecule has 2 nitrogen and oxygen atoms in total. The SMILES string of the molecule is CNC(C(Cl)(Cl)Cl)C(O)(CF)c1ccc2ccsc2c1. The Hall–Kier alpha value is -0.100. The fourth-order valence-electron chi connectivity index (χ4n) is 2.22. The maximum absolute atomic E-state index is 13.6. The van der Waals surface area contributed by atoms with Crippen molar-refractivity contribution < 1.29 is 9.50 Å². The second kappa shape index (κ2) is 5.95. The number of likely N-dealkylation sites (N-methyl/N-ethyl adjacent to an activating group) is 1. The molecule has 0 saturated heterocycles. The highest BCUT2D eigenvalue weighted by Crippen LogP contribution is 2.41. The van der Waals surface area contributed by atoms with Gasteiger partial charge in [0.2, 0.25) is 3.79 Å². The largest absolute Gasteiger partial charge is 0.381 e. The fourth-order valence-corrected chi connectivity index (χ4v) is 3.92. The van der Waals surface area contributed by atoms with Gasteiger partial charge in [-0.05, 0) is 35.5 Å². The van der Waals surface area contributed by atoms with E-state index in [9.17, 15) is 9.50 Å². The van der Waals surface area contributed by atoms with E-state index in [4.69, 9.17) is 34.8 Å². The van der Waals surface area contributed by atoms with Crippen molar-refractivity contribution >= 4 is 56.2 Å². The summed E-state index contributed by atoms with van der Waals surface area (Å²) in [6, 6.07) is 6.05. The van der Waals surface area contributed by atoms with E-state index in [1.54, 1.807) is 12.1 Å². The Balaban J connectivity index is 2.53. The highest BCUT2D eigenvalue weighted by Gasteiger charge is 2.48. The van der Waals surface area contributed by atoms with E-state index in [1.165, 1.54) is 18.4 Å². The summed E-state index contributed by atoms with van der Waals surface area (Å²) in [5.41, 5.74) is -1.54. The summed E-state index contributed by atoms with van der Waals surface area (Å²) in [5.74, 6) is 0. The summed E-state index contributed by atoms with van der Waals surface area (Å²) in [4.78, 5) is 0. The van der Waals surface area contributed by atoms with Crippen LogP contribution in [0.15, 0.2) is 29.6 Å². The van der Waals surface area contributed by atoms with Crippen LogP contribution in [0.5, 0.6) is 0 Å². The second-order valence-electron chi connectivity index (χ2n) is 4.49. The van der Waals surface area contributed by atoms with Crippen LogP contribution in [-0.2, 0) is 5.60 Å². The second-order valence-corrected chi connectivity index (χ2v) is 7.81. The molecule has 1 aromatic heterocycles. The molecule has 2 atom stereocenters. The zero-order valence-electron chi connectivity index (χ0n) is 10.5. The lowest BCUT2D eigenvalue weighted by Crippen LogP contribution is -2.56. The topological polar surface area (TPSA) is 32.3 Å². The van der Waals surface area contributed by atoms with Crippen LogP contribution in [-0.4, -0.2) is 28.7 Å². The minimum absolute atomic E-state index is 0.376. The van der Waals surface area contributed by atoms with Crippen LogP contribution in [0.25, 0.3) is 10.1 Å². The molecular formula is C13H13Cl3FNOS. The van der Waals surface area contributed by atoms with Gasteiger partial charge >= 0.3 is 0 Å². The third-order valence-electron chi connectivity index (χ3n) is 3.25. The van der Waals surface area contributed by atoms with Crippen molar-refractivity contribution in [2.24, 2.45) is 0 Å². The first kappa shape index (κ1) is 16.3. The average molecular weight is 357 g/mol. The monoisotopic (exact) mass is 355 g/mol. The Morgan fingerprint density at radius 1 is 1.35 bits per heavy atom. The molecular weight excluding hydrogens is 344 g/mol. The Bertz CT molecular complexity index is 601. The van der Waals surface area contributed by atoms with Crippen molar-refractivity contribution in [1.82, 2.24) is 5.32 Å². The molecule has 110 valence electrons. The molecule has 0 spiro atoms. The number of halogens is 4. The molecule has 0 saturated carbocycles. The first-order chi connectivity index (χ1) is 9.32. The summed E-state index contributed by atoms with van der Waals surface area (Å²) in [6.07, 6.45) is 0. The van der Waals surface area contributed by atoms with E-state index >= 15 is 0 Å². The standard InChI is InChI=1S/C13H13Cl3FNOS/c1-18-11(13(14,15)16)12(19,7-17)9-3-2-8-4-5-20-10(8)6-9/h2-6,11,18-19H,7H2,1H3. The lowest BCUT2D eigenvalue weighted by Gasteiger charge is -2.38. The van der Waals surface area contributed by atoms with Crippen LogP contribution < -0.4 is 5.32 Å². The van der Waals surface area contributed by atoms with Gasteiger partial charge in [0.15, 0.2) is 0 Å². The number of hydrogen-bond acceptors (Lipinski definition) is 3. The van der Waals surface area contributed by atoms with Crippen molar-refractivity contribution in [3.05, 3.63) is 35.2 Å². The van der Waals surface area contributed by atoms with Gasteiger partial charge in [0.1, 0.15) is 12.3 Å². The zero-order valence-corrected chi connectivity index (χ0v) is 13.6. The van der Waals surface area contributed by atoms with Crippen molar-refractivity contribution in [1.29, 1.82) is 0 Å². The number of rotatable bonds is 4. The predicted octanol–water partition coefficient (Wildman–Crippen LogP) is 4.02. The summed E-state index contributed by atoms with van der Waals surface area (Å²) in [5, 5.41) is 16.3. The molecule has 0 amide bonds. The summed E-state index contributed by atoms with van der Waals surface area (Å²) in [6.45, 7) is -1.07. The van der Waals surface area contributed by atoms with Gasteiger partial charge < -0.3 is 10.4 Å². The number of fused-ring (bicyclic) bond motifs is 1. The van der Waals surface area contributed by atoms with Gasteiger partial charge in [0, 0.05) is 4.70 Å². The molecule has 0 fully saturated rings. The number of alkyl halides is 4. The van der Waals surface area contributed by atoms with E-state index in [1.807, 2.05) is 17.5 Å². The van der Waals surface area contributed by atoms with Crippen molar-refractivity contribution in [2.75, 3.05) is 13.7 Å². The van der Waals surface area contributed by atoms with E-state index in [2.05, 4.69) is 5.32 Å². The van der Waals surface area contributed by atoms with Crippen LogP contribution in [0, 0.1) is 0 Å². The number of benzene rings is 1. The van der Waals surface area contributed by atoms with Gasteiger partial charge in [-0.25, -0.2) is 4.39 Å². The first-order valence-corrected chi connectivity index (χ1v) is 7.84. The van der Waals surface area contributed by atoms with Gasteiger partial charge in [-0.3, -0.25) is 0 Å². The number of thiophene rings is 1. The third kappa shape index (κ3) is 2.91. The molecule has 2 N–H and O–H groups in total. The molecule has 1 heterocycles. The molecule has 0 radical (unpaired) electrons. The Morgan fingerprint density at radius 2 is 2.05 bits per heavy atom. The molecule has 2 aromatic rings. The van der Waals surface area contributed by atoms with Crippen molar-refractivity contribution in [2.45, 2.75) is 15.4 Å². The minimum atomic E-state index is -1.92. The third-order valence-corrected chi connectivity index (χ3v) is 4.79. The van der Waals surface area contributed by atoms with Crippen molar-refractivity contribution in [3.8, 4) is 0 Å². The Morgan fingerprint density at radius 3 is 2.60 bits per heavy atom. The number of nitrogens with one attached hydrogen (secondary N) is 1. The van der Waals surface area contributed by atoms with Gasteiger partial charge in [-0.15, -0.1) is 11.3 Å². The lowest BCUT2D eigenvalue weighted by atomic mass is 9.87. The van der Waals surface area contributed by atoms with E-state index in [0.29, 0.717) is 5.56 Å². The molecule has 20 heavy (non-hydrogen) atoms. The summed E-state index contributed by atoms with van der Waals surface area (Å²) in [7, 11) is 1.51. The van der Waals surface area contributed by atoms with Crippen LogP contribution in [0.3, 0.4) is 0 Å². The van der Waals surface area contributed by atoms with Crippen LogP contribution in [0.1, 0.15) is 5.56 Å². The normalized spacial score (nSPS) is 17.1. The van der Waals surface area contributed by atoms with E-state index in [0.717, 1.165) is 10.1 Å². The summed E-state index contributed by atoms with van der Waals surface area (Å²) >= 11 is 19.1. The van der Waals surface area contributed by atoms with Gasteiger partial charge in [-0.2, -0.15) is 0 Å². The Labute approximate surface area is 135 Å². The molecule has 0 bridgehead atoms. The van der Waals surface area contributed by atoms with Crippen LogP contribution in [0.4, 0.5) is 4.39 Å².